The zero-order valence-corrected chi connectivity index (χ0v) is 14.5. The molecule has 0 aromatic heterocycles. The Kier molecular flexibility index (Phi) is 11.2. The first kappa shape index (κ1) is 21.5. The molecule has 1 aromatic rings. The maximum absolute atomic E-state index is 11.8. The van der Waals surface area contributed by atoms with Gasteiger partial charge in [-0.25, -0.2) is 0 Å². The summed E-state index contributed by atoms with van der Waals surface area (Å²) in [5.74, 6) is -0.518. The Morgan fingerprint density at radius 2 is 2.09 bits per heavy atom. The number of carbonyl (C=O) groups is 2. The summed E-state index contributed by atoms with van der Waals surface area (Å²) in [5.41, 5.74) is 0. The number of nitrogens with one attached hydrogen (secondary N) is 1. The minimum atomic E-state index is -0.939. The third-order valence-electron chi connectivity index (χ3n) is 2.75. The van der Waals surface area contributed by atoms with Crippen LogP contribution in [0.25, 0.3) is 0 Å². The van der Waals surface area contributed by atoms with Crippen molar-refractivity contribution in [3.63, 3.8) is 0 Å². The molecule has 0 aliphatic heterocycles. The standard InChI is InChI=1S/C15H21ClN2O4.ClH/c1-2-7-18(11-15(20)21)10-14(19)17-6-8-22-13-5-3-4-12(16)9-13;/h3-5,9H,2,6-8,10-11H2,1H3,(H,17,19)(H,20,21);1H. The van der Waals surface area contributed by atoms with Gasteiger partial charge >= 0.3 is 5.97 Å². The number of aliphatic carboxylic acids is 1. The predicted molar refractivity (Wildman–Crippen MR) is 91.6 cm³/mol. The van der Waals surface area contributed by atoms with E-state index >= 15 is 0 Å². The van der Waals surface area contributed by atoms with Gasteiger partial charge in [0.15, 0.2) is 0 Å². The molecule has 0 bridgehead atoms. The summed E-state index contributed by atoms with van der Waals surface area (Å²) in [7, 11) is 0. The number of halogens is 2. The highest BCUT2D eigenvalue weighted by atomic mass is 35.5. The zero-order chi connectivity index (χ0) is 16.4. The molecule has 0 saturated carbocycles. The minimum Gasteiger partial charge on any atom is -0.492 e. The van der Waals surface area contributed by atoms with E-state index in [1.807, 2.05) is 6.92 Å². The molecule has 0 atom stereocenters. The quantitative estimate of drug-likeness (QED) is 0.621. The average Bonchev–Trinajstić information content (AvgIpc) is 2.43. The summed E-state index contributed by atoms with van der Waals surface area (Å²) < 4.78 is 5.45. The summed E-state index contributed by atoms with van der Waals surface area (Å²) in [5, 5.41) is 12.1. The molecule has 0 aliphatic carbocycles. The van der Waals surface area contributed by atoms with Gasteiger partial charge in [0.25, 0.3) is 0 Å². The first-order valence-electron chi connectivity index (χ1n) is 7.10. The van der Waals surface area contributed by atoms with Gasteiger partial charge in [-0.2, -0.15) is 0 Å². The maximum atomic E-state index is 11.8. The Bertz CT molecular complexity index is 500. The average molecular weight is 365 g/mol. The van der Waals surface area contributed by atoms with Gasteiger partial charge in [0.1, 0.15) is 12.4 Å². The van der Waals surface area contributed by atoms with Gasteiger partial charge in [0.05, 0.1) is 19.6 Å². The number of hydrogen-bond donors (Lipinski definition) is 2. The molecular formula is C15H22Cl2N2O4. The number of rotatable bonds is 10. The largest absolute Gasteiger partial charge is 0.492 e. The van der Waals surface area contributed by atoms with Crippen molar-refractivity contribution >= 4 is 35.9 Å². The Morgan fingerprint density at radius 3 is 2.70 bits per heavy atom. The Labute approximate surface area is 147 Å². The Balaban J connectivity index is 0.00000484. The number of amides is 1. The molecule has 1 amide bonds. The van der Waals surface area contributed by atoms with Crippen LogP contribution in [0.1, 0.15) is 13.3 Å². The van der Waals surface area contributed by atoms with E-state index in [0.29, 0.717) is 30.5 Å². The minimum absolute atomic E-state index is 0. The van der Waals surface area contributed by atoms with Crippen LogP contribution in [0.5, 0.6) is 5.75 Å². The molecule has 130 valence electrons. The van der Waals surface area contributed by atoms with Crippen molar-refractivity contribution in [1.29, 1.82) is 0 Å². The molecule has 23 heavy (non-hydrogen) atoms. The van der Waals surface area contributed by atoms with Gasteiger partial charge in [-0.05, 0) is 31.2 Å². The molecule has 0 unspecified atom stereocenters. The summed E-state index contributed by atoms with van der Waals surface area (Å²) >= 11 is 5.83. The molecule has 6 nitrogen and oxygen atoms in total. The zero-order valence-electron chi connectivity index (χ0n) is 13.0. The third kappa shape index (κ3) is 9.99. The maximum Gasteiger partial charge on any atom is 0.317 e. The molecular weight excluding hydrogens is 343 g/mol. The van der Waals surface area contributed by atoms with Gasteiger partial charge in [-0.15, -0.1) is 12.4 Å². The fourth-order valence-corrected chi connectivity index (χ4v) is 2.08. The smallest absolute Gasteiger partial charge is 0.317 e. The van der Waals surface area contributed by atoms with Gasteiger partial charge in [0, 0.05) is 5.02 Å². The Morgan fingerprint density at radius 1 is 1.35 bits per heavy atom. The van der Waals surface area contributed by atoms with Crippen molar-refractivity contribution < 1.29 is 19.4 Å². The first-order valence-corrected chi connectivity index (χ1v) is 7.48. The lowest BCUT2D eigenvalue weighted by molar-refractivity contribution is -0.138. The van der Waals surface area contributed by atoms with Crippen molar-refractivity contribution in [2.45, 2.75) is 13.3 Å². The normalized spacial score (nSPS) is 10.0. The van der Waals surface area contributed by atoms with E-state index in [9.17, 15) is 9.59 Å². The molecule has 1 aromatic carbocycles. The van der Waals surface area contributed by atoms with Crippen molar-refractivity contribution in [2.24, 2.45) is 0 Å². The van der Waals surface area contributed by atoms with Gasteiger partial charge < -0.3 is 15.2 Å². The van der Waals surface area contributed by atoms with Crippen LogP contribution in [-0.4, -0.2) is 54.7 Å². The van der Waals surface area contributed by atoms with Crippen LogP contribution in [0.2, 0.25) is 5.02 Å². The number of benzene rings is 1. The third-order valence-corrected chi connectivity index (χ3v) is 2.99. The van der Waals surface area contributed by atoms with Crippen LogP contribution in [0, 0.1) is 0 Å². The van der Waals surface area contributed by atoms with Crippen LogP contribution >= 0.6 is 24.0 Å². The molecule has 8 heteroatoms. The summed E-state index contributed by atoms with van der Waals surface area (Å²) in [6, 6.07) is 7.01. The van der Waals surface area contributed by atoms with E-state index in [2.05, 4.69) is 5.32 Å². The molecule has 0 radical (unpaired) electrons. The van der Waals surface area contributed by atoms with E-state index in [0.717, 1.165) is 6.42 Å². The number of nitrogens with zero attached hydrogens (tertiary/aromatic N) is 1. The highest BCUT2D eigenvalue weighted by Gasteiger charge is 2.12. The van der Waals surface area contributed by atoms with Gasteiger partial charge in [0.2, 0.25) is 5.91 Å². The fourth-order valence-electron chi connectivity index (χ4n) is 1.90. The van der Waals surface area contributed by atoms with Crippen molar-refractivity contribution in [1.82, 2.24) is 10.2 Å². The van der Waals surface area contributed by atoms with Gasteiger partial charge in [-0.1, -0.05) is 24.6 Å². The van der Waals surface area contributed by atoms with Gasteiger partial charge in [-0.3, -0.25) is 14.5 Å². The predicted octanol–water partition coefficient (Wildman–Crippen LogP) is 2.05. The number of carboxylic acid groups (broad SMARTS) is 1. The summed E-state index contributed by atoms with van der Waals surface area (Å²) in [4.78, 5) is 24.1. The van der Waals surface area contributed by atoms with E-state index < -0.39 is 5.97 Å². The molecule has 0 aliphatic rings. The molecule has 0 spiro atoms. The number of ether oxygens (including phenoxy) is 1. The summed E-state index contributed by atoms with van der Waals surface area (Å²) in [6.07, 6.45) is 0.790. The van der Waals surface area contributed by atoms with Crippen molar-refractivity contribution in [3.05, 3.63) is 29.3 Å². The number of hydrogen-bond acceptors (Lipinski definition) is 4. The monoisotopic (exact) mass is 364 g/mol. The van der Waals surface area contributed by atoms with E-state index in [1.54, 1.807) is 29.2 Å². The first-order chi connectivity index (χ1) is 10.5. The fraction of sp³-hybridized carbons (Fsp3) is 0.467. The number of carbonyl (C=O) groups excluding carboxylic acids is 1. The van der Waals surface area contributed by atoms with E-state index in [4.69, 9.17) is 21.4 Å². The lowest BCUT2D eigenvalue weighted by atomic mass is 10.3. The van der Waals surface area contributed by atoms with Crippen LogP contribution in [0.4, 0.5) is 0 Å². The molecule has 2 N–H and O–H groups in total. The highest BCUT2D eigenvalue weighted by Crippen LogP contribution is 2.16. The van der Waals surface area contributed by atoms with E-state index in [-0.39, 0.29) is 31.4 Å². The second kappa shape index (κ2) is 12.0. The molecule has 0 heterocycles. The van der Waals surface area contributed by atoms with E-state index in [1.165, 1.54) is 0 Å². The summed E-state index contributed by atoms with van der Waals surface area (Å²) in [6.45, 7) is 3.10. The lowest BCUT2D eigenvalue weighted by Crippen LogP contribution is -2.41. The Hall–Kier alpha value is -1.50. The SMILES string of the molecule is CCCN(CC(=O)O)CC(=O)NCCOc1cccc(Cl)c1.Cl. The van der Waals surface area contributed by atoms with Crippen molar-refractivity contribution in [2.75, 3.05) is 32.8 Å². The number of carboxylic acids is 1. The lowest BCUT2D eigenvalue weighted by Gasteiger charge is -2.18. The highest BCUT2D eigenvalue weighted by molar-refractivity contribution is 6.30. The second-order valence-electron chi connectivity index (χ2n) is 4.76. The second-order valence-corrected chi connectivity index (χ2v) is 5.20. The topological polar surface area (TPSA) is 78.9 Å². The van der Waals surface area contributed by atoms with Crippen molar-refractivity contribution in [3.8, 4) is 5.75 Å². The van der Waals surface area contributed by atoms with Crippen LogP contribution in [0.3, 0.4) is 0 Å². The van der Waals surface area contributed by atoms with Crippen LogP contribution in [-0.2, 0) is 9.59 Å². The molecule has 0 fully saturated rings. The van der Waals surface area contributed by atoms with Crippen LogP contribution < -0.4 is 10.1 Å². The molecule has 0 saturated heterocycles. The molecule has 1 rings (SSSR count). The van der Waals surface area contributed by atoms with Crippen LogP contribution in [0.15, 0.2) is 24.3 Å².